The van der Waals surface area contributed by atoms with Crippen molar-refractivity contribution in [2.75, 3.05) is 0 Å². The van der Waals surface area contributed by atoms with Gasteiger partial charge in [0.1, 0.15) is 0 Å². The van der Waals surface area contributed by atoms with E-state index in [4.69, 9.17) is 0 Å². The summed E-state index contributed by atoms with van der Waals surface area (Å²) in [6.07, 6.45) is 9.86. The average Bonchev–Trinajstić information content (AvgIpc) is 3.32. The van der Waals surface area contributed by atoms with Crippen molar-refractivity contribution < 1.29 is 0 Å². The Balaban J connectivity index is 1.55. The molecule has 0 spiro atoms. The highest BCUT2D eigenvalue weighted by molar-refractivity contribution is 5.24. The minimum absolute atomic E-state index is 0.490. The normalized spacial score (nSPS) is 28.3. The van der Waals surface area contributed by atoms with E-state index in [1.807, 2.05) is 0 Å². The van der Waals surface area contributed by atoms with Crippen LogP contribution < -0.4 is 5.32 Å². The molecule has 0 bridgehead atoms. The first-order valence-electron chi connectivity index (χ1n) is 8.61. The van der Waals surface area contributed by atoms with Crippen molar-refractivity contribution in [1.29, 1.82) is 0 Å². The molecule has 1 heteroatoms. The second-order valence-corrected chi connectivity index (χ2v) is 6.94. The van der Waals surface area contributed by atoms with Crippen LogP contribution in [-0.2, 0) is 6.42 Å². The van der Waals surface area contributed by atoms with Gasteiger partial charge < -0.3 is 5.32 Å². The molecule has 0 saturated heterocycles. The molecule has 110 valence electrons. The van der Waals surface area contributed by atoms with Crippen LogP contribution >= 0.6 is 0 Å². The van der Waals surface area contributed by atoms with Gasteiger partial charge in [0.05, 0.1) is 0 Å². The van der Waals surface area contributed by atoms with Gasteiger partial charge in [0.15, 0.2) is 0 Å². The average molecular weight is 271 g/mol. The molecule has 3 unspecified atom stereocenters. The molecule has 20 heavy (non-hydrogen) atoms. The van der Waals surface area contributed by atoms with E-state index in [9.17, 15) is 0 Å². The van der Waals surface area contributed by atoms with Gasteiger partial charge in [-0.05, 0) is 62.0 Å². The van der Waals surface area contributed by atoms with E-state index in [1.54, 1.807) is 0 Å². The van der Waals surface area contributed by atoms with Crippen LogP contribution in [0.25, 0.3) is 0 Å². The van der Waals surface area contributed by atoms with E-state index in [1.165, 1.54) is 49.7 Å². The fourth-order valence-electron chi connectivity index (χ4n) is 3.87. The lowest BCUT2D eigenvalue weighted by molar-refractivity contribution is 0.249. The molecule has 0 heterocycles. The highest BCUT2D eigenvalue weighted by atomic mass is 14.9. The highest BCUT2D eigenvalue weighted by Gasteiger charge is 2.34. The molecule has 0 aliphatic heterocycles. The van der Waals surface area contributed by atoms with Gasteiger partial charge in [0.2, 0.25) is 0 Å². The largest absolute Gasteiger partial charge is 0.307 e. The number of aryl methyl sites for hydroxylation is 1. The Bertz CT molecular complexity index is 418. The summed E-state index contributed by atoms with van der Waals surface area (Å²) in [7, 11) is 0. The number of rotatable bonds is 5. The summed E-state index contributed by atoms with van der Waals surface area (Å²) in [6.45, 7) is 4.54. The Morgan fingerprint density at radius 1 is 1.05 bits per heavy atom. The zero-order valence-electron chi connectivity index (χ0n) is 13.1. The predicted molar refractivity (Wildman–Crippen MR) is 85.8 cm³/mol. The molecular formula is C19H29N. The Morgan fingerprint density at radius 3 is 2.45 bits per heavy atom. The second-order valence-electron chi connectivity index (χ2n) is 6.94. The van der Waals surface area contributed by atoms with Crippen molar-refractivity contribution in [2.24, 2.45) is 11.8 Å². The van der Waals surface area contributed by atoms with E-state index in [-0.39, 0.29) is 0 Å². The molecule has 1 nitrogen and oxygen atoms in total. The fraction of sp³-hybridized carbons (Fsp3) is 0.684. The van der Waals surface area contributed by atoms with Crippen LogP contribution in [0.3, 0.4) is 0 Å². The van der Waals surface area contributed by atoms with E-state index in [0.717, 1.165) is 24.3 Å². The number of nitrogens with one attached hydrogen (secondary N) is 1. The van der Waals surface area contributed by atoms with E-state index >= 15 is 0 Å². The quantitative estimate of drug-likeness (QED) is 0.805. The van der Waals surface area contributed by atoms with Crippen LogP contribution in [0, 0.1) is 11.8 Å². The van der Waals surface area contributed by atoms with Crippen molar-refractivity contribution in [3.8, 4) is 0 Å². The van der Waals surface area contributed by atoms with Gasteiger partial charge in [-0.15, -0.1) is 0 Å². The molecule has 2 fully saturated rings. The summed E-state index contributed by atoms with van der Waals surface area (Å²) in [5.74, 6) is 2.11. The third kappa shape index (κ3) is 3.44. The molecular weight excluding hydrogens is 242 g/mol. The molecule has 2 aliphatic carbocycles. The third-order valence-electron chi connectivity index (χ3n) is 5.38. The van der Waals surface area contributed by atoms with Crippen molar-refractivity contribution in [2.45, 2.75) is 70.9 Å². The Kier molecular flexibility index (Phi) is 4.45. The molecule has 1 aromatic carbocycles. The molecule has 1 aromatic rings. The van der Waals surface area contributed by atoms with Crippen molar-refractivity contribution in [3.63, 3.8) is 0 Å². The molecule has 2 aliphatic rings. The summed E-state index contributed by atoms with van der Waals surface area (Å²) in [6, 6.07) is 10.4. The Labute approximate surface area is 124 Å². The van der Waals surface area contributed by atoms with Crippen LogP contribution in [0.1, 0.15) is 69.5 Å². The third-order valence-corrected chi connectivity index (χ3v) is 5.38. The zero-order valence-corrected chi connectivity index (χ0v) is 13.1. The fourth-order valence-corrected chi connectivity index (χ4v) is 3.87. The standard InChI is InChI=1S/C19H29N/c1-3-15-7-9-16(10-8-15)14(2)20-19-6-4-5-18(13-19)17-11-12-17/h7-10,14,17-20H,3-6,11-13H2,1-2H3. The van der Waals surface area contributed by atoms with E-state index in [2.05, 4.69) is 43.4 Å². The zero-order chi connectivity index (χ0) is 13.9. The Hall–Kier alpha value is -0.820. The van der Waals surface area contributed by atoms with Crippen molar-refractivity contribution >= 4 is 0 Å². The number of hydrogen-bond acceptors (Lipinski definition) is 1. The van der Waals surface area contributed by atoms with E-state index in [0.29, 0.717) is 6.04 Å². The maximum atomic E-state index is 3.89. The second kappa shape index (κ2) is 6.30. The lowest BCUT2D eigenvalue weighted by atomic mass is 9.82. The van der Waals surface area contributed by atoms with E-state index < -0.39 is 0 Å². The molecule has 0 aromatic heterocycles. The van der Waals surface area contributed by atoms with Crippen LogP contribution in [0.5, 0.6) is 0 Å². The van der Waals surface area contributed by atoms with Crippen LogP contribution in [-0.4, -0.2) is 6.04 Å². The first-order chi connectivity index (χ1) is 9.76. The van der Waals surface area contributed by atoms with Gasteiger partial charge in [0, 0.05) is 12.1 Å². The van der Waals surface area contributed by atoms with Crippen LogP contribution in [0.2, 0.25) is 0 Å². The monoisotopic (exact) mass is 271 g/mol. The summed E-state index contributed by atoms with van der Waals surface area (Å²) in [5, 5.41) is 3.89. The summed E-state index contributed by atoms with van der Waals surface area (Å²) < 4.78 is 0. The van der Waals surface area contributed by atoms with Gasteiger partial charge in [0.25, 0.3) is 0 Å². The highest BCUT2D eigenvalue weighted by Crippen LogP contribution is 2.44. The number of hydrogen-bond donors (Lipinski definition) is 1. The lowest BCUT2D eigenvalue weighted by Crippen LogP contribution is -2.36. The minimum Gasteiger partial charge on any atom is -0.307 e. The lowest BCUT2D eigenvalue weighted by Gasteiger charge is -2.32. The molecule has 0 radical (unpaired) electrons. The molecule has 0 amide bonds. The van der Waals surface area contributed by atoms with Crippen molar-refractivity contribution in [1.82, 2.24) is 5.32 Å². The van der Waals surface area contributed by atoms with Gasteiger partial charge in [-0.1, -0.05) is 44.0 Å². The smallest absolute Gasteiger partial charge is 0.0294 e. The molecule has 1 N–H and O–H groups in total. The maximum Gasteiger partial charge on any atom is 0.0294 e. The van der Waals surface area contributed by atoms with Gasteiger partial charge in [-0.3, -0.25) is 0 Å². The summed E-state index contributed by atoms with van der Waals surface area (Å²) in [5.41, 5.74) is 2.88. The predicted octanol–water partition coefficient (Wildman–Crippen LogP) is 4.87. The van der Waals surface area contributed by atoms with Crippen molar-refractivity contribution in [3.05, 3.63) is 35.4 Å². The van der Waals surface area contributed by atoms with Crippen LogP contribution in [0.15, 0.2) is 24.3 Å². The SMILES string of the molecule is CCc1ccc(C(C)NC2CCCC(C3CC3)C2)cc1. The molecule has 3 rings (SSSR count). The molecule has 3 atom stereocenters. The van der Waals surface area contributed by atoms with Crippen LogP contribution in [0.4, 0.5) is 0 Å². The first kappa shape index (κ1) is 14.1. The number of benzene rings is 1. The first-order valence-corrected chi connectivity index (χ1v) is 8.61. The topological polar surface area (TPSA) is 12.0 Å². The van der Waals surface area contributed by atoms with Gasteiger partial charge >= 0.3 is 0 Å². The maximum absolute atomic E-state index is 3.89. The van der Waals surface area contributed by atoms with Gasteiger partial charge in [-0.25, -0.2) is 0 Å². The summed E-state index contributed by atoms with van der Waals surface area (Å²) >= 11 is 0. The Morgan fingerprint density at radius 2 is 1.80 bits per heavy atom. The van der Waals surface area contributed by atoms with Gasteiger partial charge in [-0.2, -0.15) is 0 Å². The minimum atomic E-state index is 0.490. The summed E-state index contributed by atoms with van der Waals surface area (Å²) in [4.78, 5) is 0. The molecule has 2 saturated carbocycles.